The predicted molar refractivity (Wildman–Crippen MR) is 103 cm³/mol. The molecule has 0 aliphatic rings. The van der Waals surface area contributed by atoms with Crippen LogP contribution in [0.3, 0.4) is 0 Å². The van der Waals surface area contributed by atoms with Crippen LogP contribution in [0.4, 0.5) is 27.7 Å². The van der Waals surface area contributed by atoms with Gasteiger partial charge in [-0.3, -0.25) is 0 Å². The summed E-state index contributed by atoms with van der Waals surface area (Å²) in [6, 6.07) is 18.8. The number of urea groups is 1. The third-order valence-electron chi connectivity index (χ3n) is 3.83. The first-order chi connectivity index (χ1) is 12.1. The summed E-state index contributed by atoms with van der Waals surface area (Å²) in [5.74, 6) is 0.720. The molecule has 0 aliphatic heterocycles. The van der Waals surface area contributed by atoms with Crippen molar-refractivity contribution < 1.29 is 4.79 Å². The highest BCUT2D eigenvalue weighted by atomic mass is 16.2. The fourth-order valence-corrected chi connectivity index (χ4v) is 2.32. The molecule has 2 aromatic carbocycles. The molecule has 0 bridgehead atoms. The lowest BCUT2D eigenvalue weighted by Gasteiger charge is -2.10. The van der Waals surface area contributed by atoms with Gasteiger partial charge in [0.15, 0.2) is 0 Å². The number of nitrogens with zero attached hydrogens (tertiary/aromatic N) is 1. The van der Waals surface area contributed by atoms with Crippen LogP contribution in [0.25, 0.3) is 0 Å². The average Bonchev–Trinajstić information content (AvgIpc) is 2.61. The molecule has 0 unspecified atom stereocenters. The quantitative estimate of drug-likeness (QED) is 0.624. The summed E-state index contributed by atoms with van der Waals surface area (Å²) in [6.07, 6.45) is 1.62. The Bertz CT molecular complexity index is 861. The number of para-hydroxylation sites is 1. The average molecular weight is 332 g/mol. The van der Waals surface area contributed by atoms with Gasteiger partial charge in [-0.1, -0.05) is 24.3 Å². The van der Waals surface area contributed by atoms with Crippen LogP contribution < -0.4 is 16.0 Å². The maximum Gasteiger partial charge on any atom is 0.323 e. The first-order valence-corrected chi connectivity index (χ1v) is 8.03. The van der Waals surface area contributed by atoms with E-state index in [-0.39, 0.29) is 6.03 Å². The van der Waals surface area contributed by atoms with Gasteiger partial charge in [-0.15, -0.1) is 0 Å². The van der Waals surface area contributed by atoms with E-state index < -0.39 is 0 Å². The van der Waals surface area contributed by atoms with Crippen LogP contribution in [-0.4, -0.2) is 11.0 Å². The van der Waals surface area contributed by atoms with E-state index in [9.17, 15) is 4.79 Å². The first kappa shape index (κ1) is 16.5. The highest BCUT2D eigenvalue weighted by Gasteiger charge is 2.03. The summed E-state index contributed by atoms with van der Waals surface area (Å²) < 4.78 is 0. The van der Waals surface area contributed by atoms with Gasteiger partial charge in [0.25, 0.3) is 0 Å². The number of carbonyl (C=O) groups excluding carboxylic acids is 1. The zero-order chi connectivity index (χ0) is 17.6. The van der Waals surface area contributed by atoms with E-state index in [1.165, 1.54) is 11.1 Å². The van der Waals surface area contributed by atoms with Crippen molar-refractivity contribution in [1.82, 2.24) is 4.98 Å². The van der Waals surface area contributed by atoms with Crippen molar-refractivity contribution in [3.63, 3.8) is 0 Å². The van der Waals surface area contributed by atoms with E-state index in [1.54, 1.807) is 12.3 Å². The zero-order valence-electron chi connectivity index (χ0n) is 14.2. The Kier molecular flexibility index (Phi) is 4.95. The van der Waals surface area contributed by atoms with Gasteiger partial charge < -0.3 is 16.0 Å². The minimum Gasteiger partial charge on any atom is -0.340 e. The number of aryl methyl sites for hydroxylation is 2. The second-order valence-corrected chi connectivity index (χ2v) is 5.80. The standard InChI is InChI=1S/C20H20N4O/c1-14-8-9-17(12-15(14)2)22-19-11-10-18(13-21-19)24-20(25)23-16-6-4-3-5-7-16/h3-13H,1-2H3,(H,21,22)(H2,23,24,25). The number of aromatic nitrogens is 1. The van der Waals surface area contributed by atoms with Crippen molar-refractivity contribution in [2.75, 3.05) is 16.0 Å². The molecule has 3 N–H and O–H groups in total. The first-order valence-electron chi connectivity index (χ1n) is 8.03. The summed E-state index contributed by atoms with van der Waals surface area (Å²) in [5.41, 5.74) is 4.82. The fourth-order valence-electron chi connectivity index (χ4n) is 2.32. The fraction of sp³-hybridized carbons (Fsp3) is 0.100. The summed E-state index contributed by atoms with van der Waals surface area (Å²) in [5, 5.41) is 8.77. The number of carbonyl (C=O) groups is 1. The number of anilines is 4. The van der Waals surface area contributed by atoms with Crippen molar-refractivity contribution in [3.8, 4) is 0 Å². The molecule has 5 nitrogen and oxygen atoms in total. The smallest absolute Gasteiger partial charge is 0.323 e. The Morgan fingerprint density at radius 1 is 0.800 bits per heavy atom. The van der Waals surface area contributed by atoms with E-state index in [0.29, 0.717) is 5.69 Å². The molecule has 0 aliphatic carbocycles. The Balaban J connectivity index is 1.60. The molecule has 3 rings (SSSR count). The van der Waals surface area contributed by atoms with E-state index in [2.05, 4.69) is 46.9 Å². The molecule has 5 heteroatoms. The number of rotatable bonds is 4. The van der Waals surface area contributed by atoms with Gasteiger partial charge in [0.05, 0.1) is 11.9 Å². The number of hydrogen-bond donors (Lipinski definition) is 3. The summed E-state index contributed by atoms with van der Waals surface area (Å²) in [7, 11) is 0. The van der Waals surface area contributed by atoms with Crippen molar-refractivity contribution >= 4 is 28.9 Å². The van der Waals surface area contributed by atoms with E-state index in [1.807, 2.05) is 42.5 Å². The second kappa shape index (κ2) is 7.49. The Hall–Kier alpha value is -3.34. The molecule has 0 saturated carbocycles. The molecular weight excluding hydrogens is 312 g/mol. The molecule has 25 heavy (non-hydrogen) atoms. The molecule has 1 heterocycles. The number of pyridine rings is 1. The van der Waals surface area contributed by atoms with Crippen LogP contribution in [0, 0.1) is 13.8 Å². The van der Waals surface area contributed by atoms with Crippen molar-refractivity contribution in [3.05, 3.63) is 78.0 Å². The van der Waals surface area contributed by atoms with Crippen molar-refractivity contribution in [2.45, 2.75) is 13.8 Å². The molecule has 2 amide bonds. The SMILES string of the molecule is Cc1ccc(Nc2ccc(NC(=O)Nc3ccccc3)cn2)cc1C. The summed E-state index contributed by atoms with van der Waals surface area (Å²) in [4.78, 5) is 16.3. The van der Waals surface area contributed by atoms with Crippen LogP contribution >= 0.6 is 0 Å². The molecule has 126 valence electrons. The van der Waals surface area contributed by atoms with Crippen LogP contribution in [0.1, 0.15) is 11.1 Å². The van der Waals surface area contributed by atoms with Gasteiger partial charge >= 0.3 is 6.03 Å². The lowest BCUT2D eigenvalue weighted by Crippen LogP contribution is -2.19. The maximum absolute atomic E-state index is 12.0. The molecule has 0 spiro atoms. The number of amides is 2. The third-order valence-corrected chi connectivity index (χ3v) is 3.83. The van der Waals surface area contributed by atoms with Crippen LogP contribution in [-0.2, 0) is 0 Å². The lowest BCUT2D eigenvalue weighted by molar-refractivity contribution is 0.262. The summed E-state index contributed by atoms with van der Waals surface area (Å²) in [6.45, 7) is 4.16. The van der Waals surface area contributed by atoms with Crippen LogP contribution in [0.5, 0.6) is 0 Å². The number of hydrogen-bond acceptors (Lipinski definition) is 3. The highest BCUT2D eigenvalue weighted by molar-refractivity contribution is 5.99. The van der Waals surface area contributed by atoms with Gasteiger partial charge in [-0.05, 0) is 61.4 Å². The van der Waals surface area contributed by atoms with E-state index in [4.69, 9.17) is 0 Å². The molecule has 0 saturated heterocycles. The molecule has 1 aromatic heterocycles. The van der Waals surface area contributed by atoms with Gasteiger partial charge in [-0.25, -0.2) is 9.78 Å². The normalized spacial score (nSPS) is 10.2. The molecule has 0 atom stereocenters. The largest absolute Gasteiger partial charge is 0.340 e. The number of benzene rings is 2. The summed E-state index contributed by atoms with van der Waals surface area (Å²) >= 11 is 0. The molecule has 0 radical (unpaired) electrons. The molecule has 0 fully saturated rings. The Morgan fingerprint density at radius 3 is 2.20 bits per heavy atom. The zero-order valence-corrected chi connectivity index (χ0v) is 14.2. The minimum absolute atomic E-state index is 0.303. The van der Waals surface area contributed by atoms with E-state index in [0.717, 1.165) is 17.2 Å². The topological polar surface area (TPSA) is 66.0 Å². The van der Waals surface area contributed by atoms with Crippen LogP contribution in [0.15, 0.2) is 66.9 Å². The predicted octanol–water partition coefficient (Wildman–Crippen LogP) is 5.09. The molecule has 3 aromatic rings. The van der Waals surface area contributed by atoms with Gasteiger partial charge in [0.1, 0.15) is 5.82 Å². The Labute approximate surface area is 147 Å². The van der Waals surface area contributed by atoms with E-state index >= 15 is 0 Å². The van der Waals surface area contributed by atoms with Gasteiger partial charge in [-0.2, -0.15) is 0 Å². The third kappa shape index (κ3) is 4.57. The minimum atomic E-state index is -0.303. The lowest BCUT2D eigenvalue weighted by atomic mass is 10.1. The van der Waals surface area contributed by atoms with Gasteiger partial charge in [0.2, 0.25) is 0 Å². The highest BCUT2D eigenvalue weighted by Crippen LogP contribution is 2.19. The number of nitrogens with one attached hydrogen (secondary N) is 3. The second-order valence-electron chi connectivity index (χ2n) is 5.80. The molecular formula is C20H20N4O. The Morgan fingerprint density at radius 2 is 1.52 bits per heavy atom. The van der Waals surface area contributed by atoms with Crippen LogP contribution in [0.2, 0.25) is 0 Å². The maximum atomic E-state index is 12.0. The monoisotopic (exact) mass is 332 g/mol. The van der Waals surface area contributed by atoms with Gasteiger partial charge in [0, 0.05) is 11.4 Å². The van der Waals surface area contributed by atoms with Crippen molar-refractivity contribution in [2.24, 2.45) is 0 Å². The van der Waals surface area contributed by atoms with Crippen molar-refractivity contribution in [1.29, 1.82) is 0 Å².